The second-order valence-corrected chi connectivity index (χ2v) is 10.6. The summed E-state index contributed by atoms with van der Waals surface area (Å²) in [4.78, 5) is 5.13. The van der Waals surface area contributed by atoms with Crippen LogP contribution in [0.5, 0.6) is 0 Å². The van der Waals surface area contributed by atoms with Gasteiger partial charge in [0, 0.05) is 0 Å². The van der Waals surface area contributed by atoms with E-state index in [0.717, 1.165) is 0 Å². The monoisotopic (exact) mass is 263 g/mol. The first-order chi connectivity index (χ1) is 7.47. The van der Waals surface area contributed by atoms with Gasteiger partial charge in [-0.15, -0.1) is 5.54 Å². The molecule has 0 aliphatic heterocycles. The molecule has 4 heteroatoms. The number of hydrogen-bond donors (Lipinski definition) is 0. The molecule has 0 heterocycles. The molecule has 0 radical (unpaired) electrons. The normalized spacial score (nSPS) is 11.8. The van der Waals surface area contributed by atoms with Crippen LogP contribution in [0.25, 0.3) is 4.98 Å². The fraction of sp³-hybridized carbons (Fsp3) is 0.667. The second-order valence-electron chi connectivity index (χ2n) is 6.72. The van der Waals surface area contributed by atoms with Gasteiger partial charge in [0.25, 0.3) is 0 Å². The van der Waals surface area contributed by atoms with Gasteiger partial charge in [0.2, 0.25) is 0 Å². The van der Waals surface area contributed by atoms with E-state index in [0.29, 0.717) is 0 Å². The van der Waals surface area contributed by atoms with Crippen LogP contribution in [0.2, 0.25) is 13.1 Å². The quantitative estimate of drug-likeness (QED) is 0.443. The molecule has 0 unspecified atom stereocenters. The van der Waals surface area contributed by atoms with E-state index >= 15 is 0 Å². The van der Waals surface area contributed by atoms with Crippen LogP contribution in [-0.4, -0.2) is 13.8 Å². The van der Waals surface area contributed by atoms with Gasteiger partial charge in [-0.3, -0.25) is 0 Å². The average Bonchev–Trinajstić information content (AvgIpc) is 2.27. The van der Waals surface area contributed by atoms with E-state index in [4.69, 9.17) is 4.98 Å². The predicted molar refractivity (Wildman–Crippen MR) is 81.2 cm³/mol. The molecule has 0 amide bonds. The molecule has 0 N–H and O–H groups in total. The van der Waals surface area contributed by atoms with Gasteiger partial charge in [0.15, 0.2) is 0 Å². The Morgan fingerprint density at radius 1 is 0.842 bits per heavy atom. The van der Waals surface area contributed by atoms with Crippen molar-refractivity contribution in [2.45, 2.75) is 67.1 Å². The third-order valence-electron chi connectivity index (χ3n) is 3.66. The van der Waals surface area contributed by atoms with Gasteiger partial charge in [-0.25, -0.2) is 0 Å². The maximum Gasteiger partial charge on any atom is 1.00 e. The van der Waals surface area contributed by atoms with Gasteiger partial charge < -0.3 is 4.98 Å². The first-order valence-electron chi connectivity index (χ1n) is 6.45. The molecule has 0 fully saturated rings. The Kier molecular flexibility index (Phi) is 8.26. The largest absolute Gasteiger partial charge is 1.00 e. The van der Waals surface area contributed by atoms with Crippen molar-refractivity contribution in [1.29, 1.82) is 0 Å². The molecule has 0 aliphatic rings. The molecule has 0 atom stereocenters. The average molecular weight is 263 g/mol. The molecule has 0 aliphatic carbocycles. The molecule has 1 aromatic carbocycles. The van der Waals surface area contributed by atoms with Crippen molar-refractivity contribution in [3.8, 4) is 0 Å². The van der Waals surface area contributed by atoms with Crippen LogP contribution >= 0.6 is 0 Å². The van der Waals surface area contributed by atoms with Crippen molar-refractivity contribution in [2.75, 3.05) is 0 Å². The summed E-state index contributed by atoms with van der Waals surface area (Å²) < 4.78 is 0. The van der Waals surface area contributed by atoms with Crippen LogP contribution in [0.4, 0.5) is 0 Å². The Morgan fingerprint density at radius 2 is 1.16 bits per heavy atom. The van der Waals surface area contributed by atoms with Crippen molar-refractivity contribution in [3.63, 3.8) is 0 Å². The Bertz CT molecular complexity index is 403. The molecular formula is C15H27Li2NSi. The van der Waals surface area contributed by atoms with Crippen LogP contribution in [0.1, 0.15) is 43.0 Å². The number of nitrogens with zero attached hydrogens (tertiary/aromatic N) is 1. The van der Waals surface area contributed by atoms with E-state index in [2.05, 4.69) is 61.6 Å². The van der Waals surface area contributed by atoms with Crippen LogP contribution in [0, 0.1) is 27.7 Å². The number of rotatable bonds is 2. The molecule has 0 saturated heterocycles. The zero-order valence-corrected chi connectivity index (χ0v) is 15.9. The van der Waals surface area contributed by atoms with E-state index in [-0.39, 0.29) is 43.3 Å². The minimum Gasteiger partial charge on any atom is -0.665 e. The summed E-state index contributed by atoms with van der Waals surface area (Å²) >= 11 is 0. The Balaban J connectivity index is 0. The van der Waals surface area contributed by atoms with Crippen molar-refractivity contribution >= 4 is 13.4 Å². The summed E-state index contributed by atoms with van der Waals surface area (Å²) in [5.41, 5.74) is 5.94. The van der Waals surface area contributed by atoms with Crippen molar-refractivity contribution < 1.29 is 37.7 Å². The maximum absolute atomic E-state index is 5.13. The molecular weight excluding hydrogens is 236 g/mol. The first-order valence-corrected chi connectivity index (χ1v) is 9.39. The molecule has 1 rings (SSSR count). The molecule has 19 heavy (non-hydrogen) atoms. The van der Waals surface area contributed by atoms with Crippen LogP contribution in [0.3, 0.4) is 0 Å². The molecule has 0 spiro atoms. The molecule has 0 saturated carbocycles. The third kappa shape index (κ3) is 4.89. The van der Waals surface area contributed by atoms with Crippen molar-refractivity contribution in [3.05, 3.63) is 27.2 Å². The fourth-order valence-electron chi connectivity index (χ4n) is 3.03. The maximum atomic E-state index is 5.13. The van der Waals surface area contributed by atoms with Gasteiger partial charge in [0.05, 0.1) is 0 Å². The van der Waals surface area contributed by atoms with Crippen LogP contribution in [0.15, 0.2) is 0 Å². The minimum atomic E-state index is -1.69. The summed E-state index contributed by atoms with van der Waals surface area (Å²) in [6.07, 6.45) is 0. The van der Waals surface area contributed by atoms with Gasteiger partial charge >= 0.3 is 37.7 Å². The van der Waals surface area contributed by atoms with Crippen molar-refractivity contribution in [1.82, 2.24) is 0 Å². The standard InChI is InChI=1S/C15H27NSi.2Li/c1-10-11(2)13(4)14(12(10)3)17(8,9)16-15(5,6)7;;/h1-9H3;;/q-2;2*+1. The Morgan fingerprint density at radius 3 is 1.42 bits per heavy atom. The Hall–Kier alpha value is 0.722. The molecule has 98 valence electrons. The fourth-order valence-corrected chi connectivity index (χ4v) is 7.03. The molecule has 1 nitrogen and oxygen atoms in total. The van der Waals surface area contributed by atoms with Crippen LogP contribution in [-0.2, 0) is 0 Å². The summed E-state index contributed by atoms with van der Waals surface area (Å²) in [6, 6.07) is 0. The van der Waals surface area contributed by atoms with E-state index in [1.54, 1.807) is 5.19 Å². The second kappa shape index (κ2) is 7.13. The summed E-state index contributed by atoms with van der Waals surface area (Å²) in [5, 5.41) is 1.56. The minimum absolute atomic E-state index is 0. The Labute approximate surface area is 145 Å². The summed E-state index contributed by atoms with van der Waals surface area (Å²) in [7, 11) is -1.69. The third-order valence-corrected chi connectivity index (χ3v) is 6.87. The van der Waals surface area contributed by atoms with Gasteiger partial charge in [-0.2, -0.15) is 27.4 Å². The smallest absolute Gasteiger partial charge is 0.665 e. The SMILES string of the molecule is Cc1c(C)c(C)[c-]([Si](C)(C)[N-]C(C)(C)C)c1C.[Li+].[Li+]. The molecule has 0 bridgehead atoms. The topological polar surface area (TPSA) is 14.1 Å². The van der Waals surface area contributed by atoms with Gasteiger partial charge in [0.1, 0.15) is 0 Å². The molecule has 0 aromatic heterocycles. The van der Waals surface area contributed by atoms with Crippen molar-refractivity contribution in [2.24, 2.45) is 0 Å². The first kappa shape index (κ1) is 22.0. The summed E-state index contributed by atoms with van der Waals surface area (Å²) in [5.74, 6) is 0. The number of hydrogen-bond acceptors (Lipinski definition) is 0. The van der Waals surface area contributed by atoms with E-state index in [9.17, 15) is 0 Å². The van der Waals surface area contributed by atoms with E-state index in [1.165, 1.54) is 22.3 Å². The zero-order chi connectivity index (χ0) is 13.6. The van der Waals surface area contributed by atoms with E-state index in [1.807, 2.05) is 0 Å². The zero-order valence-electron chi connectivity index (χ0n) is 14.9. The summed E-state index contributed by atoms with van der Waals surface area (Å²) in [6.45, 7) is 20.3. The molecule has 1 aromatic rings. The van der Waals surface area contributed by atoms with E-state index < -0.39 is 8.24 Å². The van der Waals surface area contributed by atoms with Crippen LogP contribution < -0.4 is 42.9 Å². The predicted octanol–water partition coefficient (Wildman–Crippen LogP) is -1.77. The van der Waals surface area contributed by atoms with Gasteiger partial charge in [-0.1, -0.05) is 69.8 Å². The van der Waals surface area contributed by atoms with Gasteiger partial charge in [-0.05, 0) is 0 Å².